The second-order valence-corrected chi connectivity index (χ2v) is 5.73. The Labute approximate surface area is 133 Å². The average Bonchev–Trinajstić information content (AvgIpc) is 2.52. The van der Waals surface area contributed by atoms with E-state index in [-0.39, 0.29) is 5.75 Å². The van der Waals surface area contributed by atoms with E-state index in [1.54, 1.807) is 18.2 Å². The standard InChI is InChI=1S/C16H22F3N3O/c17-16(18,19)11-23-14-8-4-5-12(9-14)10-21-15(20)22-13-6-2-1-3-7-13/h4-5,8-9,13H,1-3,6-7,10-11H2,(H3,20,21,22). The fourth-order valence-electron chi connectivity index (χ4n) is 2.58. The van der Waals surface area contributed by atoms with Crippen LogP contribution in [0, 0.1) is 0 Å². The molecule has 0 radical (unpaired) electrons. The van der Waals surface area contributed by atoms with Crippen LogP contribution in [0.2, 0.25) is 0 Å². The second-order valence-electron chi connectivity index (χ2n) is 5.73. The van der Waals surface area contributed by atoms with Gasteiger partial charge in [0.1, 0.15) is 5.75 Å². The number of nitrogens with zero attached hydrogens (tertiary/aromatic N) is 1. The number of nitrogens with two attached hydrogens (primary N) is 1. The minimum absolute atomic E-state index is 0.175. The Morgan fingerprint density at radius 1 is 1.26 bits per heavy atom. The zero-order valence-electron chi connectivity index (χ0n) is 12.9. The summed E-state index contributed by atoms with van der Waals surface area (Å²) >= 11 is 0. The summed E-state index contributed by atoms with van der Waals surface area (Å²) in [6, 6.07) is 6.82. The van der Waals surface area contributed by atoms with Gasteiger partial charge in [-0.05, 0) is 30.5 Å². The molecule has 0 aromatic heterocycles. The summed E-state index contributed by atoms with van der Waals surface area (Å²) in [7, 11) is 0. The summed E-state index contributed by atoms with van der Waals surface area (Å²) in [5.74, 6) is 0.548. The van der Waals surface area contributed by atoms with Crippen molar-refractivity contribution in [3.05, 3.63) is 29.8 Å². The lowest BCUT2D eigenvalue weighted by atomic mass is 9.96. The molecule has 1 aliphatic carbocycles. The first-order valence-corrected chi connectivity index (χ1v) is 7.77. The molecule has 0 amide bonds. The first-order valence-electron chi connectivity index (χ1n) is 7.77. The Balaban J connectivity index is 1.85. The molecule has 2 rings (SSSR count). The molecule has 23 heavy (non-hydrogen) atoms. The molecular weight excluding hydrogens is 307 g/mol. The Hall–Kier alpha value is -1.92. The number of alkyl halides is 3. The van der Waals surface area contributed by atoms with E-state index in [1.165, 1.54) is 25.3 Å². The number of guanidine groups is 1. The van der Waals surface area contributed by atoms with Crippen LogP contribution < -0.4 is 15.8 Å². The van der Waals surface area contributed by atoms with Crippen LogP contribution in [0.4, 0.5) is 13.2 Å². The Bertz CT molecular complexity index is 526. The summed E-state index contributed by atoms with van der Waals surface area (Å²) in [6.07, 6.45) is 1.50. The highest BCUT2D eigenvalue weighted by molar-refractivity contribution is 5.78. The molecule has 0 saturated heterocycles. The van der Waals surface area contributed by atoms with Gasteiger partial charge in [-0.1, -0.05) is 31.4 Å². The molecule has 0 heterocycles. The molecule has 4 nitrogen and oxygen atoms in total. The first kappa shape index (κ1) is 17.4. The van der Waals surface area contributed by atoms with Crippen molar-refractivity contribution in [1.29, 1.82) is 0 Å². The third-order valence-corrected chi connectivity index (χ3v) is 3.69. The predicted octanol–water partition coefficient (Wildman–Crippen LogP) is 3.36. The Morgan fingerprint density at radius 3 is 2.70 bits per heavy atom. The summed E-state index contributed by atoms with van der Waals surface area (Å²) < 4.78 is 41.2. The smallest absolute Gasteiger partial charge is 0.422 e. The SMILES string of the molecule is NC(=NCc1cccc(OCC(F)(F)F)c1)NC1CCCCC1. The largest absolute Gasteiger partial charge is 0.484 e. The Morgan fingerprint density at radius 2 is 2.00 bits per heavy atom. The summed E-state index contributed by atoms with van der Waals surface area (Å²) in [4.78, 5) is 4.24. The highest BCUT2D eigenvalue weighted by Gasteiger charge is 2.28. The molecule has 1 fully saturated rings. The van der Waals surface area contributed by atoms with Gasteiger partial charge in [-0.25, -0.2) is 4.99 Å². The van der Waals surface area contributed by atoms with E-state index < -0.39 is 12.8 Å². The molecule has 1 aromatic carbocycles. The number of halogens is 3. The van der Waals surface area contributed by atoms with E-state index >= 15 is 0 Å². The van der Waals surface area contributed by atoms with Crippen molar-refractivity contribution in [2.24, 2.45) is 10.7 Å². The lowest BCUT2D eigenvalue weighted by molar-refractivity contribution is -0.153. The number of rotatable bonds is 5. The van der Waals surface area contributed by atoms with Crippen LogP contribution in [0.15, 0.2) is 29.3 Å². The van der Waals surface area contributed by atoms with Crippen molar-refractivity contribution in [3.63, 3.8) is 0 Å². The van der Waals surface area contributed by atoms with Crippen LogP contribution in [-0.4, -0.2) is 24.8 Å². The fourth-order valence-corrected chi connectivity index (χ4v) is 2.58. The summed E-state index contributed by atoms with van der Waals surface area (Å²) in [5.41, 5.74) is 6.61. The highest BCUT2D eigenvalue weighted by atomic mass is 19.4. The molecule has 0 atom stereocenters. The van der Waals surface area contributed by atoms with E-state index in [2.05, 4.69) is 10.3 Å². The van der Waals surface area contributed by atoms with Crippen LogP contribution in [0.5, 0.6) is 5.75 Å². The minimum Gasteiger partial charge on any atom is -0.484 e. The number of aliphatic imine (C=N–C) groups is 1. The maximum absolute atomic E-state index is 12.1. The van der Waals surface area contributed by atoms with Crippen LogP contribution in [0.25, 0.3) is 0 Å². The maximum Gasteiger partial charge on any atom is 0.422 e. The molecular formula is C16H22F3N3O. The number of hydrogen-bond donors (Lipinski definition) is 2. The van der Waals surface area contributed by atoms with Crippen molar-refractivity contribution >= 4 is 5.96 Å². The monoisotopic (exact) mass is 329 g/mol. The van der Waals surface area contributed by atoms with Crippen molar-refractivity contribution in [3.8, 4) is 5.75 Å². The van der Waals surface area contributed by atoms with Crippen LogP contribution in [0.3, 0.4) is 0 Å². The van der Waals surface area contributed by atoms with Gasteiger partial charge in [-0.2, -0.15) is 13.2 Å². The zero-order valence-corrected chi connectivity index (χ0v) is 12.9. The lowest BCUT2D eigenvalue weighted by Crippen LogP contribution is -2.41. The number of ether oxygens (including phenoxy) is 1. The van der Waals surface area contributed by atoms with Crippen LogP contribution in [-0.2, 0) is 6.54 Å². The third kappa shape index (κ3) is 6.80. The molecule has 0 aliphatic heterocycles. The molecule has 0 unspecified atom stereocenters. The van der Waals surface area contributed by atoms with Gasteiger partial charge in [-0.15, -0.1) is 0 Å². The first-order chi connectivity index (χ1) is 10.9. The normalized spacial score (nSPS) is 17.1. The molecule has 1 aromatic rings. The third-order valence-electron chi connectivity index (χ3n) is 3.69. The fraction of sp³-hybridized carbons (Fsp3) is 0.562. The average molecular weight is 329 g/mol. The van der Waals surface area contributed by atoms with Crippen LogP contribution in [0.1, 0.15) is 37.7 Å². The lowest BCUT2D eigenvalue weighted by Gasteiger charge is -2.23. The van der Waals surface area contributed by atoms with Gasteiger partial charge >= 0.3 is 6.18 Å². The predicted molar refractivity (Wildman–Crippen MR) is 83.3 cm³/mol. The molecule has 1 saturated carbocycles. The van der Waals surface area contributed by atoms with Gasteiger partial charge in [0.25, 0.3) is 0 Å². The molecule has 1 aliphatic rings. The van der Waals surface area contributed by atoms with Gasteiger partial charge in [-0.3, -0.25) is 0 Å². The topological polar surface area (TPSA) is 59.6 Å². The maximum atomic E-state index is 12.1. The van der Waals surface area contributed by atoms with Crippen LogP contribution >= 0.6 is 0 Å². The van der Waals surface area contributed by atoms with E-state index in [1.807, 2.05) is 0 Å². The van der Waals surface area contributed by atoms with E-state index in [0.29, 0.717) is 18.5 Å². The molecule has 0 bridgehead atoms. The van der Waals surface area contributed by atoms with Gasteiger partial charge in [0.2, 0.25) is 0 Å². The second kappa shape index (κ2) is 8.08. The van der Waals surface area contributed by atoms with E-state index in [0.717, 1.165) is 18.4 Å². The van der Waals surface area contributed by atoms with Gasteiger partial charge in [0.15, 0.2) is 12.6 Å². The van der Waals surface area contributed by atoms with Gasteiger partial charge in [0.05, 0.1) is 6.54 Å². The quantitative estimate of drug-likeness (QED) is 0.643. The van der Waals surface area contributed by atoms with Gasteiger partial charge in [0, 0.05) is 6.04 Å². The molecule has 128 valence electrons. The summed E-state index contributed by atoms with van der Waals surface area (Å²) in [5, 5.41) is 3.20. The van der Waals surface area contributed by atoms with E-state index in [4.69, 9.17) is 10.5 Å². The summed E-state index contributed by atoms with van der Waals surface area (Å²) in [6.45, 7) is -1.00. The van der Waals surface area contributed by atoms with E-state index in [9.17, 15) is 13.2 Å². The Kier molecular flexibility index (Phi) is 6.12. The zero-order chi connectivity index (χ0) is 16.7. The van der Waals surface area contributed by atoms with Gasteiger partial charge < -0.3 is 15.8 Å². The number of nitrogens with one attached hydrogen (secondary N) is 1. The van der Waals surface area contributed by atoms with Crippen molar-refractivity contribution in [1.82, 2.24) is 5.32 Å². The number of hydrogen-bond acceptors (Lipinski definition) is 2. The molecule has 3 N–H and O–H groups in total. The van der Waals surface area contributed by atoms with Crippen molar-refractivity contribution in [2.45, 2.75) is 50.9 Å². The molecule has 7 heteroatoms. The van der Waals surface area contributed by atoms with Crippen molar-refractivity contribution < 1.29 is 17.9 Å². The number of benzene rings is 1. The minimum atomic E-state index is -4.34. The highest BCUT2D eigenvalue weighted by Crippen LogP contribution is 2.20. The molecule has 0 spiro atoms. The van der Waals surface area contributed by atoms with Crippen molar-refractivity contribution in [2.75, 3.05) is 6.61 Å².